The van der Waals surface area contributed by atoms with Crippen LogP contribution in [-0.2, 0) is 13.1 Å². The molecule has 18 heavy (non-hydrogen) atoms. The molecular weight excluding hydrogens is 290 g/mol. The first-order valence-electron chi connectivity index (χ1n) is 6.19. The second-order valence-corrected chi connectivity index (χ2v) is 5.27. The first-order valence-corrected chi connectivity index (χ1v) is 6.98. The minimum absolute atomic E-state index is 0.336. The molecule has 1 N–H and O–H groups in total. The molecule has 1 aromatic carbocycles. The molecule has 1 atom stereocenters. The lowest BCUT2D eigenvalue weighted by Crippen LogP contribution is -2.17. The Labute approximate surface area is 116 Å². The third-order valence-corrected chi connectivity index (χ3v) is 3.52. The standard InChI is InChI=1S/C14H18BrN3/c1-3-18-10-12(9-17-18)8-16-11(2)13-4-6-14(15)7-5-13/h4-7,9-11,16H,3,8H2,1-2H3. The van der Waals surface area contributed by atoms with Crippen LogP contribution >= 0.6 is 15.9 Å². The molecule has 0 radical (unpaired) electrons. The van der Waals surface area contributed by atoms with Gasteiger partial charge in [0, 0.05) is 35.4 Å². The number of hydrogen-bond acceptors (Lipinski definition) is 2. The average Bonchev–Trinajstić information content (AvgIpc) is 2.85. The Morgan fingerprint density at radius 3 is 2.67 bits per heavy atom. The van der Waals surface area contributed by atoms with E-state index in [0.29, 0.717) is 6.04 Å². The predicted octanol–water partition coefficient (Wildman–Crippen LogP) is 3.52. The number of hydrogen-bond donors (Lipinski definition) is 1. The molecule has 0 saturated heterocycles. The molecule has 0 fully saturated rings. The molecule has 1 heterocycles. The van der Waals surface area contributed by atoms with Gasteiger partial charge >= 0.3 is 0 Å². The van der Waals surface area contributed by atoms with Crippen LogP contribution < -0.4 is 5.32 Å². The highest BCUT2D eigenvalue weighted by Crippen LogP contribution is 2.16. The summed E-state index contributed by atoms with van der Waals surface area (Å²) in [5, 5.41) is 7.77. The molecule has 0 amide bonds. The Kier molecular flexibility index (Phi) is 4.55. The molecule has 1 unspecified atom stereocenters. The summed E-state index contributed by atoms with van der Waals surface area (Å²) in [6.45, 7) is 6.03. The number of rotatable bonds is 5. The molecule has 2 aromatic rings. The predicted molar refractivity (Wildman–Crippen MR) is 77.3 cm³/mol. The molecular formula is C14H18BrN3. The van der Waals surface area contributed by atoms with E-state index in [-0.39, 0.29) is 0 Å². The van der Waals surface area contributed by atoms with Gasteiger partial charge in [-0.1, -0.05) is 28.1 Å². The first-order chi connectivity index (χ1) is 8.69. The highest BCUT2D eigenvalue weighted by Gasteiger charge is 2.05. The van der Waals surface area contributed by atoms with Gasteiger partial charge in [-0.15, -0.1) is 0 Å². The molecule has 0 bridgehead atoms. The maximum atomic E-state index is 4.27. The van der Waals surface area contributed by atoms with Gasteiger partial charge in [0.2, 0.25) is 0 Å². The summed E-state index contributed by atoms with van der Waals surface area (Å²) in [6.07, 6.45) is 4.01. The van der Waals surface area contributed by atoms with E-state index >= 15 is 0 Å². The molecule has 3 nitrogen and oxygen atoms in total. The van der Waals surface area contributed by atoms with Gasteiger partial charge < -0.3 is 5.32 Å². The summed E-state index contributed by atoms with van der Waals surface area (Å²) < 4.78 is 3.06. The van der Waals surface area contributed by atoms with Crippen LogP contribution in [0.25, 0.3) is 0 Å². The Hall–Kier alpha value is -1.13. The second kappa shape index (κ2) is 6.16. The van der Waals surface area contributed by atoms with Crippen molar-refractivity contribution < 1.29 is 0 Å². The summed E-state index contributed by atoms with van der Waals surface area (Å²) in [6, 6.07) is 8.75. The molecule has 0 spiro atoms. The third kappa shape index (κ3) is 3.43. The van der Waals surface area contributed by atoms with Crippen LogP contribution in [-0.4, -0.2) is 9.78 Å². The Morgan fingerprint density at radius 2 is 2.06 bits per heavy atom. The number of nitrogens with zero attached hydrogens (tertiary/aromatic N) is 2. The van der Waals surface area contributed by atoms with Crippen molar-refractivity contribution >= 4 is 15.9 Å². The number of benzene rings is 1. The largest absolute Gasteiger partial charge is 0.306 e. The highest BCUT2D eigenvalue weighted by molar-refractivity contribution is 9.10. The Balaban J connectivity index is 1.91. The fraction of sp³-hybridized carbons (Fsp3) is 0.357. The lowest BCUT2D eigenvalue weighted by Gasteiger charge is -2.13. The lowest BCUT2D eigenvalue weighted by atomic mass is 10.1. The average molecular weight is 308 g/mol. The van der Waals surface area contributed by atoms with Crippen molar-refractivity contribution in [3.05, 3.63) is 52.3 Å². The monoisotopic (exact) mass is 307 g/mol. The molecule has 0 aliphatic heterocycles. The van der Waals surface area contributed by atoms with Gasteiger partial charge in [-0.05, 0) is 31.5 Å². The maximum absolute atomic E-state index is 4.27. The van der Waals surface area contributed by atoms with Gasteiger partial charge in [0.15, 0.2) is 0 Å². The topological polar surface area (TPSA) is 29.9 Å². The van der Waals surface area contributed by atoms with E-state index < -0.39 is 0 Å². The van der Waals surface area contributed by atoms with E-state index in [1.165, 1.54) is 11.1 Å². The van der Waals surface area contributed by atoms with Crippen molar-refractivity contribution in [2.24, 2.45) is 0 Å². The van der Waals surface area contributed by atoms with Crippen LogP contribution in [0.15, 0.2) is 41.1 Å². The van der Waals surface area contributed by atoms with Crippen LogP contribution in [0.1, 0.15) is 31.0 Å². The first kappa shape index (κ1) is 13.3. The third-order valence-electron chi connectivity index (χ3n) is 2.99. The molecule has 0 saturated carbocycles. The van der Waals surface area contributed by atoms with Crippen molar-refractivity contribution in [3.8, 4) is 0 Å². The summed E-state index contributed by atoms with van der Waals surface area (Å²) in [4.78, 5) is 0. The SMILES string of the molecule is CCn1cc(CNC(C)c2ccc(Br)cc2)cn1. The quantitative estimate of drug-likeness (QED) is 0.916. The lowest BCUT2D eigenvalue weighted by molar-refractivity contribution is 0.573. The van der Waals surface area contributed by atoms with Gasteiger partial charge in [0.1, 0.15) is 0 Å². The summed E-state index contributed by atoms with van der Waals surface area (Å²) in [5.74, 6) is 0. The minimum atomic E-state index is 0.336. The number of halogens is 1. The van der Waals surface area contributed by atoms with E-state index in [1.807, 2.05) is 10.9 Å². The normalized spacial score (nSPS) is 12.6. The zero-order chi connectivity index (χ0) is 13.0. The number of aryl methyl sites for hydroxylation is 1. The fourth-order valence-electron chi connectivity index (χ4n) is 1.81. The van der Waals surface area contributed by atoms with Crippen molar-refractivity contribution in [2.45, 2.75) is 33.0 Å². The van der Waals surface area contributed by atoms with Crippen LogP contribution in [0.3, 0.4) is 0 Å². The highest BCUT2D eigenvalue weighted by atomic mass is 79.9. The zero-order valence-electron chi connectivity index (χ0n) is 10.7. The molecule has 2 rings (SSSR count). The fourth-order valence-corrected chi connectivity index (χ4v) is 2.08. The van der Waals surface area contributed by atoms with Gasteiger partial charge in [0.25, 0.3) is 0 Å². The molecule has 4 heteroatoms. The van der Waals surface area contributed by atoms with Gasteiger partial charge in [0.05, 0.1) is 6.20 Å². The van der Waals surface area contributed by atoms with Gasteiger partial charge in [-0.3, -0.25) is 4.68 Å². The molecule has 1 aromatic heterocycles. The van der Waals surface area contributed by atoms with E-state index in [4.69, 9.17) is 0 Å². The van der Waals surface area contributed by atoms with Crippen LogP contribution in [0, 0.1) is 0 Å². The van der Waals surface area contributed by atoms with E-state index in [2.05, 4.69) is 70.7 Å². The van der Waals surface area contributed by atoms with Crippen molar-refractivity contribution in [3.63, 3.8) is 0 Å². The van der Waals surface area contributed by atoms with E-state index in [1.54, 1.807) is 0 Å². The second-order valence-electron chi connectivity index (χ2n) is 4.36. The molecule has 96 valence electrons. The molecule has 0 aliphatic carbocycles. The van der Waals surface area contributed by atoms with Crippen molar-refractivity contribution in [2.75, 3.05) is 0 Å². The van der Waals surface area contributed by atoms with Gasteiger partial charge in [-0.2, -0.15) is 5.10 Å². The zero-order valence-corrected chi connectivity index (χ0v) is 12.3. The summed E-state index contributed by atoms with van der Waals surface area (Å²) in [7, 11) is 0. The smallest absolute Gasteiger partial charge is 0.0534 e. The van der Waals surface area contributed by atoms with Gasteiger partial charge in [-0.25, -0.2) is 0 Å². The number of nitrogens with one attached hydrogen (secondary N) is 1. The van der Waals surface area contributed by atoms with E-state index in [0.717, 1.165) is 17.6 Å². The van der Waals surface area contributed by atoms with E-state index in [9.17, 15) is 0 Å². The number of aromatic nitrogens is 2. The van der Waals surface area contributed by atoms with Crippen LogP contribution in [0.5, 0.6) is 0 Å². The minimum Gasteiger partial charge on any atom is -0.306 e. The molecule has 0 aliphatic rings. The Morgan fingerprint density at radius 1 is 1.33 bits per heavy atom. The maximum Gasteiger partial charge on any atom is 0.0534 e. The van der Waals surface area contributed by atoms with Crippen molar-refractivity contribution in [1.29, 1.82) is 0 Å². The summed E-state index contributed by atoms with van der Waals surface area (Å²) in [5.41, 5.74) is 2.52. The Bertz CT molecular complexity index is 490. The van der Waals surface area contributed by atoms with Crippen LogP contribution in [0.2, 0.25) is 0 Å². The van der Waals surface area contributed by atoms with Crippen molar-refractivity contribution in [1.82, 2.24) is 15.1 Å². The summed E-state index contributed by atoms with van der Waals surface area (Å²) >= 11 is 3.45. The van der Waals surface area contributed by atoms with Crippen LogP contribution in [0.4, 0.5) is 0 Å².